The molecule has 2 aromatic heterocycles. The van der Waals surface area contributed by atoms with Gasteiger partial charge in [-0.1, -0.05) is 0 Å². The molecule has 1 fully saturated rings. The minimum Gasteiger partial charge on any atom is -0.461 e. The maximum absolute atomic E-state index is 12.9. The van der Waals surface area contributed by atoms with E-state index in [0.29, 0.717) is 28.2 Å². The fourth-order valence-corrected chi connectivity index (χ4v) is 3.43. The molecule has 150 valence electrons. The summed E-state index contributed by atoms with van der Waals surface area (Å²) in [7, 11) is 0. The molecule has 0 saturated heterocycles. The summed E-state index contributed by atoms with van der Waals surface area (Å²) in [5.41, 5.74) is 7.61. The highest BCUT2D eigenvalue weighted by Crippen LogP contribution is 2.41. The predicted molar refractivity (Wildman–Crippen MR) is 108 cm³/mol. The quantitative estimate of drug-likeness (QED) is 0.595. The molecule has 29 heavy (non-hydrogen) atoms. The number of primary amides is 1. The van der Waals surface area contributed by atoms with E-state index in [1.54, 1.807) is 19.2 Å². The average Bonchev–Trinajstić information content (AvgIpc) is 3.49. The smallest absolute Gasteiger partial charge is 0.256 e. The number of hydrogen-bond acceptors (Lipinski definition) is 5. The lowest BCUT2D eigenvalue weighted by molar-refractivity contribution is -0.124. The molecule has 2 amide bonds. The molecule has 7 heteroatoms. The van der Waals surface area contributed by atoms with Crippen LogP contribution in [0.1, 0.15) is 47.4 Å². The van der Waals surface area contributed by atoms with Crippen LogP contribution in [-0.2, 0) is 4.79 Å². The van der Waals surface area contributed by atoms with E-state index in [9.17, 15) is 14.7 Å². The lowest BCUT2D eigenvalue weighted by Gasteiger charge is -2.24. The molecule has 0 radical (unpaired) electrons. The molecule has 1 aromatic carbocycles. The van der Waals surface area contributed by atoms with Crippen molar-refractivity contribution < 1.29 is 19.1 Å². The topological polar surface area (TPSA) is 118 Å². The van der Waals surface area contributed by atoms with Crippen molar-refractivity contribution in [1.82, 2.24) is 10.3 Å². The zero-order valence-electron chi connectivity index (χ0n) is 16.4. The molecule has 2 heterocycles. The first kappa shape index (κ1) is 19.1. The first-order valence-electron chi connectivity index (χ1n) is 9.55. The van der Waals surface area contributed by atoms with Crippen LogP contribution in [0.15, 0.2) is 40.9 Å². The summed E-state index contributed by atoms with van der Waals surface area (Å²) in [4.78, 5) is 29.0. The highest BCUT2D eigenvalue weighted by Gasteiger charge is 2.34. The summed E-state index contributed by atoms with van der Waals surface area (Å²) in [6, 6.07) is 9.70. The molecule has 1 aliphatic carbocycles. The van der Waals surface area contributed by atoms with Gasteiger partial charge in [-0.25, -0.2) is 0 Å². The van der Waals surface area contributed by atoms with Crippen LogP contribution in [0.5, 0.6) is 0 Å². The molecule has 0 unspecified atom stereocenters. The van der Waals surface area contributed by atoms with E-state index in [-0.39, 0.29) is 0 Å². The third-order valence-electron chi connectivity index (χ3n) is 5.47. The van der Waals surface area contributed by atoms with Crippen molar-refractivity contribution in [3.63, 3.8) is 0 Å². The van der Waals surface area contributed by atoms with Gasteiger partial charge in [0.15, 0.2) is 0 Å². The van der Waals surface area contributed by atoms with Crippen molar-refractivity contribution in [1.29, 1.82) is 0 Å². The van der Waals surface area contributed by atoms with Crippen LogP contribution in [0.2, 0.25) is 0 Å². The third-order valence-corrected chi connectivity index (χ3v) is 5.47. The fourth-order valence-electron chi connectivity index (χ4n) is 3.43. The van der Waals surface area contributed by atoms with Gasteiger partial charge >= 0.3 is 0 Å². The number of benzene rings is 1. The lowest BCUT2D eigenvalue weighted by atomic mass is 10.00. The first-order chi connectivity index (χ1) is 13.8. The fraction of sp³-hybridized carbons (Fsp3) is 0.318. The standard InChI is InChI=1S/C22H23N3O4/c1-12-19(20(27)25-22(2,11-26)21(23)28)16-9-15(5-6-18(16)29-12)17-10-14(7-8-24-17)13-3-4-13/h5-10,13,26H,3-4,11H2,1-2H3,(H2,23,28)(H,25,27)/t22-/m0/s1. The Kier molecular flexibility index (Phi) is 4.62. The Morgan fingerprint density at radius 1 is 1.31 bits per heavy atom. The number of pyridine rings is 1. The number of rotatable bonds is 6. The molecule has 1 aliphatic rings. The number of nitrogens with zero attached hydrogens (tertiary/aromatic N) is 1. The molecular weight excluding hydrogens is 370 g/mol. The van der Waals surface area contributed by atoms with E-state index in [0.717, 1.165) is 11.3 Å². The number of carbonyl (C=O) groups is 2. The number of furan rings is 1. The van der Waals surface area contributed by atoms with Gasteiger partial charge in [-0.3, -0.25) is 14.6 Å². The molecule has 4 rings (SSSR count). The first-order valence-corrected chi connectivity index (χ1v) is 9.55. The molecule has 1 saturated carbocycles. The van der Waals surface area contributed by atoms with Gasteiger partial charge in [0.2, 0.25) is 5.91 Å². The summed E-state index contributed by atoms with van der Waals surface area (Å²) in [6.45, 7) is 2.46. The Labute approximate surface area is 167 Å². The Morgan fingerprint density at radius 2 is 2.07 bits per heavy atom. The van der Waals surface area contributed by atoms with Crippen LogP contribution < -0.4 is 11.1 Å². The number of aliphatic hydroxyl groups is 1. The number of carbonyl (C=O) groups excluding carboxylic acids is 2. The number of hydrogen-bond donors (Lipinski definition) is 3. The van der Waals surface area contributed by atoms with Gasteiger partial charge in [0.25, 0.3) is 5.91 Å². The second kappa shape index (κ2) is 7.00. The van der Waals surface area contributed by atoms with Gasteiger partial charge in [0.05, 0.1) is 17.9 Å². The number of nitrogens with one attached hydrogen (secondary N) is 1. The summed E-state index contributed by atoms with van der Waals surface area (Å²) in [6.07, 6.45) is 4.22. The Hall–Kier alpha value is -3.19. The number of aryl methyl sites for hydroxylation is 1. The number of nitrogens with two attached hydrogens (primary N) is 1. The second-order valence-electron chi connectivity index (χ2n) is 7.80. The molecule has 4 N–H and O–H groups in total. The van der Waals surface area contributed by atoms with Crippen molar-refractivity contribution in [2.45, 2.75) is 38.1 Å². The zero-order valence-corrected chi connectivity index (χ0v) is 16.4. The van der Waals surface area contributed by atoms with Gasteiger partial charge < -0.3 is 20.6 Å². The molecule has 3 aromatic rings. The van der Waals surface area contributed by atoms with E-state index >= 15 is 0 Å². The van der Waals surface area contributed by atoms with Crippen LogP contribution in [0.3, 0.4) is 0 Å². The van der Waals surface area contributed by atoms with Gasteiger partial charge in [-0.05, 0) is 68.5 Å². The van der Waals surface area contributed by atoms with Gasteiger partial charge in [0, 0.05) is 17.1 Å². The van der Waals surface area contributed by atoms with Crippen molar-refractivity contribution >= 4 is 22.8 Å². The van der Waals surface area contributed by atoms with E-state index in [1.165, 1.54) is 25.3 Å². The maximum atomic E-state index is 12.9. The highest BCUT2D eigenvalue weighted by molar-refractivity contribution is 6.09. The Balaban J connectivity index is 1.74. The molecule has 1 atom stereocenters. The minimum atomic E-state index is -1.56. The van der Waals surface area contributed by atoms with Crippen molar-refractivity contribution in [3.05, 3.63) is 53.4 Å². The maximum Gasteiger partial charge on any atom is 0.256 e. The third kappa shape index (κ3) is 3.49. The highest BCUT2D eigenvalue weighted by atomic mass is 16.3. The number of aromatic nitrogens is 1. The van der Waals surface area contributed by atoms with Crippen molar-refractivity contribution in [3.8, 4) is 11.3 Å². The largest absolute Gasteiger partial charge is 0.461 e. The summed E-state index contributed by atoms with van der Waals surface area (Å²) in [5.74, 6) is -0.323. The molecule has 0 bridgehead atoms. The lowest BCUT2D eigenvalue weighted by Crippen LogP contribution is -2.57. The molecular formula is C22H23N3O4. The van der Waals surface area contributed by atoms with E-state index in [2.05, 4.69) is 16.4 Å². The van der Waals surface area contributed by atoms with Crippen LogP contribution >= 0.6 is 0 Å². The van der Waals surface area contributed by atoms with Crippen LogP contribution in [0.25, 0.3) is 22.2 Å². The van der Waals surface area contributed by atoms with Crippen LogP contribution in [-0.4, -0.2) is 34.1 Å². The number of fused-ring (bicyclic) bond motifs is 1. The average molecular weight is 393 g/mol. The normalized spacial score (nSPS) is 15.8. The number of aliphatic hydroxyl groups excluding tert-OH is 1. The Bertz CT molecular complexity index is 1120. The molecule has 0 aliphatic heterocycles. The summed E-state index contributed by atoms with van der Waals surface area (Å²) in [5, 5.41) is 12.6. The predicted octanol–water partition coefficient (Wildman–Crippen LogP) is 2.65. The van der Waals surface area contributed by atoms with Gasteiger partial charge in [-0.15, -0.1) is 0 Å². The Morgan fingerprint density at radius 3 is 2.72 bits per heavy atom. The monoisotopic (exact) mass is 393 g/mol. The van der Waals surface area contributed by atoms with E-state index in [4.69, 9.17) is 10.2 Å². The minimum absolute atomic E-state index is 0.307. The van der Waals surface area contributed by atoms with E-state index < -0.39 is 24.0 Å². The molecule has 0 spiro atoms. The van der Waals surface area contributed by atoms with Crippen molar-refractivity contribution in [2.24, 2.45) is 5.73 Å². The van der Waals surface area contributed by atoms with Gasteiger partial charge in [-0.2, -0.15) is 0 Å². The van der Waals surface area contributed by atoms with Crippen LogP contribution in [0.4, 0.5) is 0 Å². The zero-order chi connectivity index (χ0) is 20.8. The summed E-state index contributed by atoms with van der Waals surface area (Å²) >= 11 is 0. The van der Waals surface area contributed by atoms with Crippen molar-refractivity contribution in [2.75, 3.05) is 6.61 Å². The van der Waals surface area contributed by atoms with Crippen LogP contribution in [0, 0.1) is 6.92 Å². The molecule has 7 nitrogen and oxygen atoms in total. The van der Waals surface area contributed by atoms with E-state index in [1.807, 2.05) is 18.2 Å². The van der Waals surface area contributed by atoms with Gasteiger partial charge in [0.1, 0.15) is 16.9 Å². The summed E-state index contributed by atoms with van der Waals surface area (Å²) < 4.78 is 5.73. The SMILES string of the molecule is Cc1oc2ccc(-c3cc(C4CC4)ccn3)cc2c1C(=O)N[C@@](C)(CO)C(N)=O. The number of amides is 2. The second-order valence-corrected chi connectivity index (χ2v) is 7.80.